The molecule has 88 valence electrons. The second-order valence-electron chi connectivity index (χ2n) is 4.05. The molecule has 0 saturated carbocycles. The van der Waals surface area contributed by atoms with Crippen molar-refractivity contribution in [1.82, 2.24) is 5.32 Å². The standard InChI is InChI=1S/C13H20N2O/c1-10-5-6-12(9-11(10)2)13(16)15-8-4-3-7-14/h5-6,9H,3-4,7-8,14H2,1-2H3,(H,15,16). The number of nitrogens with two attached hydrogens (primary N) is 1. The minimum absolute atomic E-state index is 0.000112. The lowest BCUT2D eigenvalue weighted by molar-refractivity contribution is 0.0953. The van der Waals surface area contributed by atoms with Gasteiger partial charge in [-0.3, -0.25) is 4.79 Å². The third kappa shape index (κ3) is 3.66. The molecule has 0 fully saturated rings. The van der Waals surface area contributed by atoms with Gasteiger partial charge < -0.3 is 11.1 Å². The number of benzene rings is 1. The maximum absolute atomic E-state index is 11.7. The normalized spacial score (nSPS) is 10.2. The van der Waals surface area contributed by atoms with Gasteiger partial charge in [0.2, 0.25) is 0 Å². The van der Waals surface area contributed by atoms with Gasteiger partial charge in [-0.25, -0.2) is 0 Å². The SMILES string of the molecule is Cc1ccc(C(=O)NCCCCN)cc1C. The van der Waals surface area contributed by atoms with Gasteiger partial charge in [-0.1, -0.05) is 6.07 Å². The molecule has 16 heavy (non-hydrogen) atoms. The smallest absolute Gasteiger partial charge is 0.251 e. The van der Waals surface area contributed by atoms with Crippen molar-refractivity contribution in [2.45, 2.75) is 26.7 Å². The summed E-state index contributed by atoms with van der Waals surface area (Å²) in [5, 5.41) is 2.89. The van der Waals surface area contributed by atoms with Crippen LogP contribution in [0.3, 0.4) is 0 Å². The maximum Gasteiger partial charge on any atom is 0.251 e. The molecule has 0 aliphatic carbocycles. The molecule has 0 bridgehead atoms. The molecule has 3 N–H and O–H groups in total. The summed E-state index contributed by atoms with van der Waals surface area (Å²) in [6.45, 7) is 5.43. The zero-order chi connectivity index (χ0) is 12.0. The Bertz CT molecular complexity index is 361. The van der Waals surface area contributed by atoms with E-state index in [1.165, 1.54) is 5.56 Å². The highest BCUT2D eigenvalue weighted by Crippen LogP contribution is 2.09. The predicted molar refractivity (Wildman–Crippen MR) is 66.5 cm³/mol. The monoisotopic (exact) mass is 220 g/mol. The topological polar surface area (TPSA) is 55.1 Å². The highest BCUT2D eigenvalue weighted by Gasteiger charge is 2.05. The van der Waals surface area contributed by atoms with Crippen LogP contribution in [0, 0.1) is 13.8 Å². The van der Waals surface area contributed by atoms with E-state index in [0.717, 1.165) is 24.0 Å². The molecule has 0 radical (unpaired) electrons. The van der Waals surface area contributed by atoms with Crippen LogP contribution in [-0.2, 0) is 0 Å². The number of aryl methyl sites for hydroxylation is 2. The number of nitrogens with one attached hydrogen (secondary N) is 1. The number of unbranched alkanes of at least 4 members (excludes halogenated alkanes) is 1. The molecule has 0 spiro atoms. The van der Waals surface area contributed by atoms with Crippen LogP contribution in [0.5, 0.6) is 0 Å². The lowest BCUT2D eigenvalue weighted by atomic mass is 10.1. The van der Waals surface area contributed by atoms with Crippen LogP contribution in [0.4, 0.5) is 0 Å². The van der Waals surface area contributed by atoms with Crippen molar-refractivity contribution in [2.75, 3.05) is 13.1 Å². The minimum atomic E-state index is 0.000112. The molecule has 0 unspecified atom stereocenters. The van der Waals surface area contributed by atoms with Crippen molar-refractivity contribution < 1.29 is 4.79 Å². The summed E-state index contributed by atoms with van der Waals surface area (Å²) in [7, 11) is 0. The maximum atomic E-state index is 11.7. The Morgan fingerprint density at radius 2 is 2.00 bits per heavy atom. The summed E-state index contributed by atoms with van der Waals surface area (Å²) in [5.41, 5.74) is 8.47. The fourth-order valence-corrected chi connectivity index (χ4v) is 1.46. The van der Waals surface area contributed by atoms with E-state index in [1.807, 2.05) is 32.0 Å². The molecule has 1 rings (SSSR count). The van der Waals surface area contributed by atoms with Crippen molar-refractivity contribution in [3.05, 3.63) is 34.9 Å². The first kappa shape index (κ1) is 12.7. The molecule has 3 nitrogen and oxygen atoms in total. The summed E-state index contributed by atoms with van der Waals surface area (Å²) in [5.74, 6) is 0.000112. The van der Waals surface area contributed by atoms with Gasteiger partial charge in [-0.05, 0) is 56.5 Å². The first-order valence-corrected chi connectivity index (χ1v) is 5.70. The van der Waals surface area contributed by atoms with E-state index in [2.05, 4.69) is 5.32 Å². The summed E-state index contributed by atoms with van der Waals surface area (Å²) >= 11 is 0. The van der Waals surface area contributed by atoms with Gasteiger partial charge >= 0.3 is 0 Å². The molecule has 3 heteroatoms. The van der Waals surface area contributed by atoms with E-state index < -0.39 is 0 Å². The molecule has 0 saturated heterocycles. The van der Waals surface area contributed by atoms with E-state index in [9.17, 15) is 4.79 Å². The molecular formula is C13H20N2O. The van der Waals surface area contributed by atoms with Crippen LogP contribution in [0.1, 0.15) is 34.3 Å². The Balaban J connectivity index is 2.50. The highest BCUT2D eigenvalue weighted by atomic mass is 16.1. The molecule has 1 aromatic rings. The minimum Gasteiger partial charge on any atom is -0.352 e. The molecule has 0 aliphatic rings. The zero-order valence-corrected chi connectivity index (χ0v) is 10.0. The molecular weight excluding hydrogens is 200 g/mol. The third-order valence-corrected chi connectivity index (χ3v) is 2.69. The van der Waals surface area contributed by atoms with E-state index in [-0.39, 0.29) is 5.91 Å². The van der Waals surface area contributed by atoms with Crippen molar-refractivity contribution in [1.29, 1.82) is 0 Å². The average Bonchev–Trinajstić information content (AvgIpc) is 2.28. The Morgan fingerprint density at radius 3 is 2.62 bits per heavy atom. The van der Waals surface area contributed by atoms with Crippen molar-refractivity contribution in [3.63, 3.8) is 0 Å². The largest absolute Gasteiger partial charge is 0.352 e. The number of carbonyl (C=O) groups is 1. The number of hydrogen-bond donors (Lipinski definition) is 2. The van der Waals surface area contributed by atoms with Gasteiger partial charge in [0.25, 0.3) is 5.91 Å². The van der Waals surface area contributed by atoms with Crippen LogP contribution in [0.25, 0.3) is 0 Å². The van der Waals surface area contributed by atoms with Crippen molar-refractivity contribution in [3.8, 4) is 0 Å². The Morgan fingerprint density at radius 1 is 1.25 bits per heavy atom. The van der Waals surface area contributed by atoms with Crippen LogP contribution >= 0.6 is 0 Å². The fraction of sp³-hybridized carbons (Fsp3) is 0.462. The quantitative estimate of drug-likeness (QED) is 0.743. The first-order chi connectivity index (χ1) is 7.65. The number of rotatable bonds is 5. The van der Waals surface area contributed by atoms with E-state index in [4.69, 9.17) is 5.73 Å². The van der Waals surface area contributed by atoms with Crippen LogP contribution in [0.2, 0.25) is 0 Å². The lowest BCUT2D eigenvalue weighted by Crippen LogP contribution is -2.24. The summed E-state index contributed by atoms with van der Waals surface area (Å²) in [6.07, 6.45) is 1.89. The van der Waals surface area contributed by atoms with Crippen molar-refractivity contribution in [2.24, 2.45) is 5.73 Å². The average molecular weight is 220 g/mol. The Kier molecular flexibility index (Phi) is 4.99. The van der Waals surface area contributed by atoms with Gasteiger partial charge in [0.05, 0.1) is 0 Å². The number of carbonyl (C=O) groups excluding carboxylic acids is 1. The lowest BCUT2D eigenvalue weighted by Gasteiger charge is -2.06. The molecule has 1 amide bonds. The van der Waals surface area contributed by atoms with Crippen molar-refractivity contribution >= 4 is 5.91 Å². The van der Waals surface area contributed by atoms with Crippen LogP contribution < -0.4 is 11.1 Å². The summed E-state index contributed by atoms with van der Waals surface area (Å²) in [4.78, 5) is 11.7. The number of hydrogen-bond acceptors (Lipinski definition) is 2. The molecule has 0 aromatic heterocycles. The second-order valence-corrected chi connectivity index (χ2v) is 4.05. The Hall–Kier alpha value is -1.35. The van der Waals surface area contributed by atoms with Crippen LogP contribution in [0.15, 0.2) is 18.2 Å². The summed E-state index contributed by atoms with van der Waals surface area (Å²) < 4.78 is 0. The molecule has 1 aromatic carbocycles. The second kappa shape index (κ2) is 6.28. The zero-order valence-electron chi connectivity index (χ0n) is 10.0. The van der Waals surface area contributed by atoms with Gasteiger partial charge in [-0.2, -0.15) is 0 Å². The predicted octanol–water partition coefficient (Wildman–Crippen LogP) is 1.77. The molecule has 0 heterocycles. The molecule has 0 atom stereocenters. The van der Waals surface area contributed by atoms with Gasteiger partial charge in [0.1, 0.15) is 0 Å². The van der Waals surface area contributed by atoms with E-state index >= 15 is 0 Å². The van der Waals surface area contributed by atoms with Crippen LogP contribution in [-0.4, -0.2) is 19.0 Å². The third-order valence-electron chi connectivity index (χ3n) is 2.69. The number of amides is 1. The fourth-order valence-electron chi connectivity index (χ4n) is 1.46. The molecule has 0 aliphatic heterocycles. The first-order valence-electron chi connectivity index (χ1n) is 5.70. The van der Waals surface area contributed by atoms with Gasteiger partial charge in [0.15, 0.2) is 0 Å². The van der Waals surface area contributed by atoms with E-state index in [1.54, 1.807) is 0 Å². The highest BCUT2D eigenvalue weighted by molar-refractivity contribution is 5.94. The van der Waals surface area contributed by atoms with Gasteiger partial charge in [-0.15, -0.1) is 0 Å². The van der Waals surface area contributed by atoms with Gasteiger partial charge in [0, 0.05) is 12.1 Å². The Labute approximate surface area is 97.0 Å². The van der Waals surface area contributed by atoms with E-state index in [0.29, 0.717) is 13.1 Å². The summed E-state index contributed by atoms with van der Waals surface area (Å²) in [6, 6.07) is 5.76.